The third-order valence-corrected chi connectivity index (χ3v) is 5.86. The number of hydrogen-bond donors (Lipinski definition) is 2. The molecule has 0 spiro atoms. The molecule has 0 saturated heterocycles. The van der Waals surface area contributed by atoms with E-state index in [2.05, 4.69) is 41.4 Å². The van der Waals surface area contributed by atoms with E-state index in [0.717, 1.165) is 35.9 Å². The third kappa shape index (κ3) is 4.17. The summed E-state index contributed by atoms with van der Waals surface area (Å²) in [6, 6.07) is 0. The van der Waals surface area contributed by atoms with Crippen LogP contribution in [0.1, 0.15) is 59.3 Å². The summed E-state index contributed by atoms with van der Waals surface area (Å²) in [4.78, 5) is 15.1. The number of fused-ring (bicyclic) bond motifs is 1. The lowest BCUT2D eigenvalue weighted by atomic mass is 9.78. The minimum absolute atomic E-state index is 0.224. The molecule has 136 valence electrons. The van der Waals surface area contributed by atoms with E-state index in [-0.39, 0.29) is 5.41 Å². The van der Waals surface area contributed by atoms with Crippen LogP contribution in [-0.2, 0) is 0 Å². The van der Waals surface area contributed by atoms with Gasteiger partial charge in [-0.05, 0) is 24.7 Å². The Morgan fingerprint density at radius 1 is 1.24 bits per heavy atom. The van der Waals surface area contributed by atoms with E-state index in [9.17, 15) is 0 Å². The van der Waals surface area contributed by atoms with Gasteiger partial charge in [0.05, 0.1) is 10.6 Å². The second kappa shape index (κ2) is 7.77. The van der Waals surface area contributed by atoms with E-state index in [1.165, 1.54) is 42.0 Å². The van der Waals surface area contributed by atoms with Gasteiger partial charge < -0.3 is 10.6 Å². The van der Waals surface area contributed by atoms with Gasteiger partial charge in [0.15, 0.2) is 5.82 Å². The van der Waals surface area contributed by atoms with Crippen molar-refractivity contribution < 1.29 is 0 Å². The van der Waals surface area contributed by atoms with E-state index in [0.29, 0.717) is 0 Å². The highest BCUT2D eigenvalue weighted by molar-refractivity contribution is 8.04. The van der Waals surface area contributed by atoms with Crippen LogP contribution in [0, 0.1) is 5.41 Å². The molecule has 0 atom stereocenters. The summed E-state index contributed by atoms with van der Waals surface area (Å²) in [7, 11) is 1.90. The Morgan fingerprint density at radius 3 is 2.84 bits per heavy atom. The molecular formula is C19H29N5S. The zero-order valence-corrected chi connectivity index (χ0v) is 16.6. The lowest BCUT2D eigenvalue weighted by molar-refractivity contribution is 0.373. The lowest BCUT2D eigenvalue weighted by Gasteiger charge is -2.37. The van der Waals surface area contributed by atoms with Gasteiger partial charge in [0.2, 0.25) is 0 Å². The number of hydrogen-bond acceptors (Lipinski definition) is 6. The van der Waals surface area contributed by atoms with Crippen LogP contribution in [0.5, 0.6) is 0 Å². The average Bonchev–Trinajstić information content (AvgIpc) is 2.58. The molecule has 0 amide bonds. The maximum Gasteiger partial charge on any atom is 0.154 e. The maximum absolute atomic E-state index is 4.99. The van der Waals surface area contributed by atoms with Gasteiger partial charge in [-0.3, -0.25) is 4.99 Å². The molecule has 0 bridgehead atoms. The summed E-state index contributed by atoms with van der Waals surface area (Å²) >= 11 is 1.74. The summed E-state index contributed by atoms with van der Waals surface area (Å²) in [5.41, 5.74) is 3.73. The highest BCUT2D eigenvalue weighted by atomic mass is 32.2. The second-order valence-electron chi connectivity index (χ2n) is 7.59. The zero-order chi connectivity index (χ0) is 17.9. The van der Waals surface area contributed by atoms with Crippen molar-refractivity contribution in [1.82, 2.24) is 9.97 Å². The first-order chi connectivity index (χ1) is 12.0. The minimum Gasteiger partial charge on any atom is -0.371 e. The maximum atomic E-state index is 4.99. The van der Waals surface area contributed by atoms with E-state index in [4.69, 9.17) is 4.99 Å². The third-order valence-electron chi connectivity index (χ3n) is 4.68. The van der Waals surface area contributed by atoms with Gasteiger partial charge >= 0.3 is 0 Å². The largest absolute Gasteiger partial charge is 0.371 e. The molecule has 1 aromatic heterocycles. The highest BCUT2D eigenvalue weighted by Crippen LogP contribution is 2.49. The molecule has 0 aromatic carbocycles. The van der Waals surface area contributed by atoms with Crippen LogP contribution in [0.15, 0.2) is 26.9 Å². The number of nitrogens with one attached hydrogen (secondary N) is 2. The van der Waals surface area contributed by atoms with Crippen LogP contribution in [0.25, 0.3) is 0 Å². The summed E-state index contributed by atoms with van der Waals surface area (Å²) in [5.74, 6) is 0.852. The fourth-order valence-corrected chi connectivity index (χ4v) is 4.47. The number of anilines is 2. The molecule has 1 aromatic rings. The molecule has 1 aliphatic carbocycles. The van der Waals surface area contributed by atoms with Crippen molar-refractivity contribution >= 4 is 29.0 Å². The van der Waals surface area contributed by atoms with E-state index >= 15 is 0 Å². The number of aromatic nitrogens is 2. The summed E-state index contributed by atoms with van der Waals surface area (Å²) in [6.07, 6.45) is 8.71. The Labute approximate surface area is 155 Å². The quantitative estimate of drug-likeness (QED) is 0.547. The van der Waals surface area contributed by atoms with Crippen LogP contribution in [-0.4, -0.2) is 29.3 Å². The highest BCUT2D eigenvalue weighted by Gasteiger charge is 2.35. The molecule has 0 unspecified atom stereocenters. The van der Waals surface area contributed by atoms with Crippen molar-refractivity contribution in [2.75, 3.05) is 24.2 Å². The van der Waals surface area contributed by atoms with Crippen LogP contribution in [0.2, 0.25) is 0 Å². The number of unbranched alkanes of at least 4 members (excludes halogenated alkanes) is 3. The first-order valence-electron chi connectivity index (χ1n) is 9.28. The second-order valence-corrected chi connectivity index (χ2v) is 8.59. The molecular weight excluding hydrogens is 330 g/mol. The molecule has 2 heterocycles. The minimum atomic E-state index is 0.224. The van der Waals surface area contributed by atoms with Gasteiger partial charge in [-0.1, -0.05) is 51.8 Å². The fraction of sp³-hybridized carbons (Fsp3) is 0.632. The summed E-state index contributed by atoms with van der Waals surface area (Å²) < 4.78 is 0. The Balaban J connectivity index is 1.85. The number of rotatable bonds is 6. The number of nitrogens with zero attached hydrogens (tertiary/aromatic N) is 3. The smallest absolute Gasteiger partial charge is 0.154 e. The number of thioether (sulfide) groups is 1. The number of allylic oxidation sites excluding steroid dienone is 2. The average molecular weight is 360 g/mol. The molecule has 3 rings (SSSR count). The predicted octanol–water partition coefficient (Wildman–Crippen LogP) is 5.09. The van der Waals surface area contributed by atoms with Crippen molar-refractivity contribution in [1.29, 1.82) is 0 Å². The van der Waals surface area contributed by atoms with Gasteiger partial charge in [-0.25, -0.2) is 9.97 Å². The Kier molecular flexibility index (Phi) is 5.67. The van der Waals surface area contributed by atoms with Crippen molar-refractivity contribution in [3.63, 3.8) is 0 Å². The van der Waals surface area contributed by atoms with Crippen molar-refractivity contribution in [2.24, 2.45) is 10.4 Å². The van der Waals surface area contributed by atoms with Gasteiger partial charge in [0, 0.05) is 19.3 Å². The molecule has 0 radical (unpaired) electrons. The van der Waals surface area contributed by atoms with Crippen molar-refractivity contribution in [3.8, 4) is 0 Å². The van der Waals surface area contributed by atoms with Crippen LogP contribution < -0.4 is 10.6 Å². The van der Waals surface area contributed by atoms with E-state index < -0.39 is 0 Å². The Morgan fingerprint density at radius 2 is 2.08 bits per heavy atom. The first kappa shape index (κ1) is 18.2. The van der Waals surface area contributed by atoms with Crippen LogP contribution in [0.3, 0.4) is 0 Å². The Bertz CT molecular complexity index is 693. The standard InChI is InChI=1S/C19H29N5S/c1-5-6-7-8-9-21-13-10-19(2,3)11-14-16(13)25-18-15(24-14)17(20-4)22-12-23-18/h12,24H,5-11H2,1-4H3,(H,20,22,23). The molecule has 6 heteroatoms. The van der Waals surface area contributed by atoms with Gasteiger partial charge in [-0.2, -0.15) is 0 Å². The zero-order valence-electron chi connectivity index (χ0n) is 15.8. The predicted molar refractivity (Wildman–Crippen MR) is 108 cm³/mol. The fourth-order valence-electron chi connectivity index (χ4n) is 3.43. The van der Waals surface area contributed by atoms with Gasteiger partial charge in [0.25, 0.3) is 0 Å². The van der Waals surface area contributed by atoms with Gasteiger partial charge in [-0.15, -0.1) is 0 Å². The molecule has 0 fully saturated rings. The van der Waals surface area contributed by atoms with E-state index in [1.54, 1.807) is 18.1 Å². The van der Waals surface area contributed by atoms with Crippen molar-refractivity contribution in [2.45, 2.75) is 64.3 Å². The van der Waals surface area contributed by atoms with Crippen molar-refractivity contribution in [3.05, 3.63) is 16.9 Å². The molecule has 1 aliphatic heterocycles. The van der Waals surface area contributed by atoms with E-state index in [1.807, 2.05) is 7.05 Å². The molecule has 2 aliphatic rings. The SMILES string of the molecule is CCCCCCN=C1CC(C)(C)CC2=C1Sc1ncnc(NC)c1N2. The molecule has 25 heavy (non-hydrogen) atoms. The molecule has 5 nitrogen and oxygen atoms in total. The summed E-state index contributed by atoms with van der Waals surface area (Å²) in [5, 5.41) is 7.74. The summed E-state index contributed by atoms with van der Waals surface area (Å²) in [6.45, 7) is 7.83. The van der Waals surface area contributed by atoms with Gasteiger partial charge in [0.1, 0.15) is 17.0 Å². The van der Waals surface area contributed by atoms with Crippen LogP contribution >= 0.6 is 11.8 Å². The number of aliphatic imine (C=N–C) groups is 1. The lowest BCUT2D eigenvalue weighted by Crippen LogP contribution is -2.29. The Hall–Kier alpha value is -1.56. The topological polar surface area (TPSA) is 62.2 Å². The van der Waals surface area contributed by atoms with Crippen LogP contribution in [0.4, 0.5) is 11.5 Å². The molecule has 2 N–H and O–H groups in total. The first-order valence-corrected chi connectivity index (χ1v) is 10.1. The molecule has 0 saturated carbocycles. The monoisotopic (exact) mass is 359 g/mol. The normalized spacial score (nSPS) is 20.1.